The van der Waals surface area contributed by atoms with Crippen LogP contribution in [0.5, 0.6) is 0 Å². The number of rotatable bonds is 49. The summed E-state index contributed by atoms with van der Waals surface area (Å²) in [6.45, 7) is 3.98. The molecule has 0 amide bonds. The van der Waals surface area contributed by atoms with Crippen LogP contribution in [0, 0.1) is 0 Å². The van der Waals surface area contributed by atoms with Gasteiger partial charge < -0.3 is 14.6 Å². The average Bonchev–Trinajstić information content (AvgIpc) is 3.30. The number of aliphatic hydroxyl groups is 1. The molecule has 0 radical (unpaired) electrons. The van der Waals surface area contributed by atoms with Crippen molar-refractivity contribution in [2.45, 2.75) is 264 Å². The van der Waals surface area contributed by atoms with Crippen molar-refractivity contribution >= 4 is 11.9 Å². The van der Waals surface area contributed by atoms with Crippen molar-refractivity contribution in [2.24, 2.45) is 0 Å². The van der Waals surface area contributed by atoms with E-state index in [1.165, 1.54) is 161 Å². The van der Waals surface area contributed by atoms with Gasteiger partial charge >= 0.3 is 11.9 Å². The molecule has 0 rings (SSSR count). The standard InChI is InChI=1S/C59H102O5/c1-3-5-7-9-11-13-15-17-19-21-22-23-24-25-26-27-28-29-30-31-32-33-34-35-36-38-39-41-43-45-47-49-51-53-58(61)63-56-57(55-60)64-59(62)54-52-50-48-46-44-42-40-37-20-18-16-14-12-10-8-6-4-2/h6,8,12,14-15,17-18,20-22,40,42,46,48,57,60H,3-5,7,9-11,13,16,19,23-39,41,43-45,47,49-56H2,1-2H3/b8-6-,14-12-,17-15-,20-18-,22-21-,42-40-,48-46-. The Bertz CT molecular complexity index is 1190. The van der Waals surface area contributed by atoms with E-state index in [1.807, 2.05) is 0 Å². The molecule has 0 aromatic carbocycles. The first-order valence-electron chi connectivity index (χ1n) is 27.1. The predicted molar refractivity (Wildman–Crippen MR) is 279 cm³/mol. The van der Waals surface area contributed by atoms with E-state index >= 15 is 0 Å². The summed E-state index contributed by atoms with van der Waals surface area (Å²) >= 11 is 0. The third kappa shape index (κ3) is 51.7. The molecule has 368 valence electrons. The van der Waals surface area contributed by atoms with Gasteiger partial charge in [0.2, 0.25) is 0 Å². The third-order valence-corrected chi connectivity index (χ3v) is 11.7. The predicted octanol–water partition coefficient (Wildman–Crippen LogP) is 18.2. The summed E-state index contributed by atoms with van der Waals surface area (Å²) < 4.78 is 10.6. The number of carbonyl (C=O) groups is 2. The van der Waals surface area contributed by atoms with Crippen molar-refractivity contribution in [1.29, 1.82) is 0 Å². The molecule has 0 fully saturated rings. The molecule has 0 aliphatic heterocycles. The van der Waals surface area contributed by atoms with Crippen molar-refractivity contribution in [3.8, 4) is 0 Å². The fraction of sp³-hybridized carbons (Fsp3) is 0.729. The van der Waals surface area contributed by atoms with Crippen molar-refractivity contribution in [3.63, 3.8) is 0 Å². The lowest BCUT2D eigenvalue weighted by Gasteiger charge is -2.15. The zero-order valence-corrected chi connectivity index (χ0v) is 42.0. The van der Waals surface area contributed by atoms with Crippen LogP contribution in [0.15, 0.2) is 85.1 Å². The smallest absolute Gasteiger partial charge is 0.306 e. The zero-order valence-electron chi connectivity index (χ0n) is 42.0. The van der Waals surface area contributed by atoms with Gasteiger partial charge in [0.1, 0.15) is 6.61 Å². The van der Waals surface area contributed by atoms with Crippen LogP contribution in [0.2, 0.25) is 0 Å². The van der Waals surface area contributed by atoms with Gasteiger partial charge in [0.05, 0.1) is 6.61 Å². The summed E-state index contributed by atoms with van der Waals surface area (Å²) in [5.74, 6) is -0.655. The fourth-order valence-corrected chi connectivity index (χ4v) is 7.62. The average molecular weight is 891 g/mol. The van der Waals surface area contributed by atoms with Crippen LogP contribution >= 0.6 is 0 Å². The first kappa shape index (κ1) is 61.1. The molecule has 0 heterocycles. The van der Waals surface area contributed by atoms with E-state index in [0.29, 0.717) is 12.8 Å². The molecule has 64 heavy (non-hydrogen) atoms. The van der Waals surface area contributed by atoms with Gasteiger partial charge in [-0.1, -0.05) is 247 Å². The number of carbonyl (C=O) groups excluding carboxylic acids is 2. The maximum Gasteiger partial charge on any atom is 0.306 e. The van der Waals surface area contributed by atoms with Crippen LogP contribution in [0.3, 0.4) is 0 Å². The Hall–Kier alpha value is -2.92. The second-order valence-electron chi connectivity index (χ2n) is 17.9. The number of aliphatic hydroxyl groups excluding tert-OH is 1. The Kier molecular flexibility index (Phi) is 51.9. The lowest BCUT2D eigenvalue weighted by molar-refractivity contribution is -0.161. The molecule has 0 saturated carbocycles. The molecule has 0 saturated heterocycles. The topological polar surface area (TPSA) is 72.8 Å². The van der Waals surface area contributed by atoms with E-state index in [1.54, 1.807) is 0 Å². The van der Waals surface area contributed by atoms with Crippen LogP contribution in [-0.2, 0) is 19.1 Å². The Balaban J connectivity index is 3.48. The lowest BCUT2D eigenvalue weighted by atomic mass is 10.0. The molecule has 0 spiro atoms. The number of esters is 2. The second-order valence-corrected chi connectivity index (χ2v) is 17.9. The summed E-state index contributed by atoms with van der Waals surface area (Å²) in [5.41, 5.74) is 0. The molecule has 5 nitrogen and oxygen atoms in total. The van der Waals surface area contributed by atoms with Crippen LogP contribution in [0.4, 0.5) is 0 Å². The maximum atomic E-state index is 12.2. The van der Waals surface area contributed by atoms with Crippen molar-refractivity contribution in [1.82, 2.24) is 0 Å². The highest BCUT2D eigenvalue weighted by molar-refractivity contribution is 5.70. The largest absolute Gasteiger partial charge is 0.462 e. The van der Waals surface area contributed by atoms with Gasteiger partial charge in [-0.2, -0.15) is 0 Å². The minimum absolute atomic E-state index is 0.0902. The van der Waals surface area contributed by atoms with E-state index in [9.17, 15) is 14.7 Å². The van der Waals surface area contributed by atoms with Gasteiger partial charge in [-0.3, -0.25) is 9.59 Å². The molecule has 0 bridgehead atoms. The van der Waals surface area contributed by atoms with E-state index in [2.05, 4.69) is 98.9 Å². The molecular weight excluding hydrogens is 789 g/mol. The molecule has 0 aliphatic rings. The van der Waals surface area contributed by atoms with Crippen molar-refractivity contribution in [3.05, 3.63) is 85.1 Å². The van der Waals surface area contributed by atoms with Crippen LogP contribution < -0.4 is 0 Å². The molecule has 5 heteroatoms. The minimum atomic E-state index is -0.805. The Morgan fingerprint density at radius 3 is 1.06 bits per heavy atom. The van der Waals surface area contributed by atoms with E-state index in [4.69, 9.17) is 9.47 Å². The number of hydrogen-bond acceptors (Lipinski definition) is 5. The Labute approximate surface area is 396 Å². The van der Waals surface area contributed by atoms with Crippen molar-refractivity contribution in [2.75, 3.05) is 13.2 Å². The molecule has 1 atom stereocenters. The summed E-state index contributed by atoms with van der Waals surface area (Å²) in [6.07, 6.45) is 75.7. The molecule has 0 aromatic rings. The SMILES string of the molecule is CC/C=C\C/C=C\C/C=C\C/C=C\C/C=C\CCCC(=O)OC(CO)COC(=O)CCCCCCCCCCCCCCCCCCCCCCC/C=C\C/C=C\CCCCCCC. The molecule has 1 unspecified atom stereocenters. The van der Waals surface area contributed by atoms with Crippen LogP contribution in [-0.4, -0.2) is 36.4 Å². The van der Waals surface area contributed by atoms with Gasteiger partial charge in [0.15, 0.2) is 6.10 Å². The number of allylic oxidation sites excluding steroid dienone is 14. The van der Waals surface area contributed by atoms with E-state index in [0.717, 1.165) is 64.2 Å². The summed E-state index contributed by atoms with van der Waals surface area (Å²) in [5, 5.41) is 9.61. The van der Waals surface area contributed by atoms with Gasteiger partial charge in [-0.25, -0.2) is 0 Å². The number of hydrogen-bond donors (Lipinski definition) is 1. The van der Waals surface area contributed by atoms with Gasteiger partial charge in [-0.05, 0) is 83.5 Å². The Morgan fingerprint density at radius 2 is 0.688 bits per heavy atom. The van der Waals surface area contributed by atoms with Crippen molar-refractivity contribution < 1.29 is 24.2 Å². The third-order valence-electron chi connectivity index (χ3n) is 11.7. The summed E-state index contributed by atoms with van der Waals surface area (Å²) in [7, 11) is 0. The first-order valence-corrected chi connectivity index (χ1v) is 27.1. The van der Waals surface area contributed by atoms with Gasteiger partial charge in [-0.15, -0.1) is 0 Å². The zero-order chi connectivity index (χ0) is 46.3. The molecule has 0 aromatic heterocycles. The van der Waals surface area contributed by atoms with Crippen LogP contribution in [0.25, 0.3) is 0 Å². The number of ether oxygens (including phenoxy) is 2. The highest BCUT2D eigenvalue weighted by Gasteiger charge is 2.16. The van der Waals surface area contributed by atoms with E-state index in [-0.39, 0.29) is 31.6 Å². The first-order chi connectivity index (χ1) is 31.6. The highest BCUT2D eigenvalue weighted by Crippen LogP contribution is 2.16. The van der Waals surface area contributed by atoms with Gasteiger partial charge in [0, 0.05) is 12.8 Å². The minimum Gasteiger partial charge on any atom is -0.462 e. The normalized spacial score (nSPS) is 12.9. The monoisotopic (exact) mass is 891 g/mol. The quantitative estimate of drug-likeness (QED) is 0.0374. The van der Waals surface area contributed by atoms with E-state index < -0.39 is 6.10 Å². The lowest BCUT2D eigenvalue weighted by Crippen LogP contribution is -2.28. The van der Waals surface area contributed by atoms with Crippen LogP contribution in [0.1, 0.15) is 258 Å². The number of unbranched alkanes of at least 4 members (excludes halogenated alkanes) is 27. The van der Waals surface area contributed by atoms with Gasteiger partial charge in [0.25, 0.3) is 0 Å². The fourth-order valence-electron chi connectivity index (χ4n) is 7.62. The Morgan fingerprint density at radius 1 is 0.375 bits per heavy atom. The molecular formula is C59H102O5. The summed E-state index contributed by atoms with van der Waals surface area (Å²) in [6, 6.07) is 0. The maximum absolute atomic E-state index is 12.2. The molecule has 0 aliphatic carbocycles. The second kappa shape index (κ2) is 54.4. The highest BCUT2D eigenvalue weighted by atomic mass is 16.6. The summed E-state index contributed by atoms with van der Waals surface area (Å²) in [4.78, 5) is 24.4. The molecule has 1 N–H and O–H groups in total.